The number of aromatic nitrogens is 2. The highest BCUT2D eigenvalue weighted by atomic mass is 35.5. The second-order valence-electron chi connectivity index (χ2n) is 7.22. The SMILES string of the molecule is CC(C)C1C2=C(CC(C)(C)CC2=O)NN1c1ccc(Cl)nn1. The Balaban J connectivity index is 1.99. The molecule has 6 heteroatoms. The lowest BCUT2D eigenvalue weighted by molar-refractivity contribution is -0.118. The number of anilines is 1. The zero-order valence-corrected chi connectivity index (χ0v) is 14.1. The van der Waals surface area contributed by atoms with Gasteiger partial charge in [-0.3, -0.25) is 9.80 Å². The van der Waals surface area contributed by atoms with Crippen LogP contribution in [0.15, 0.2) is 23.4 Å². The molecular weight excluding hydrogens is 300 g/mol. The molecule has 3 rings (SSSR count). The third kappa shape index (κ3) is 2.58. The predicted molar refractivity (Wildman–Crippen MR) is 86.3 cm³/mol. The molecule has 5 nitrogen and oxygen atoms in total. The van der Waals surface area contributed by atoms with E-state index >= 15 is 0 Å². The summed E-state index contributed by atoms with van der Waals surface area (Å²) in [5.74, 6) is 1.20. The summed E-state index contributed by atoms with van der Waals surface area (Å²) in [5.41, 5.74) is 5.32. The molecule has 0 aromatic carbocycles. The summed E-state index contributed by atoms with van der Waals surface area (Å²) >= 11 is 5.82. The van der Waals surface area contributed by atoms with E-state index in [1.807, 2.05) is 11.1 Å². The van der Waals surface area contributed by atoms with Crippen LogP contribution < -0.4 is 10.4 Å². The quantitative estimate of drug-likeness (QED) is 0.907. The van der Waals surface area contributed by atoms with E-state index in [1.54, 1.807) is 6.07 Å². The first-order valence-corrected chi connectivity index (χ1v) is 7.98. The largest absolute Gasteiger partial charge is 0.300 e. The Hall–Kier alpha value is -1.62. The number of hydrogen-bond acceptors (Lipinski definition) is 5. The number of nitrogens with zero attached hydrogens (tertiary/aromatic N) is 3. The van der Waals surface area contributed by atoms with Gasteiger partial charge >= 0.3 is 0 Å². The van der Waals surface area contributed by atoms with Crippen molar-refractivity contribution < 1.29 is 4.79 Å². The summed E-state index contributed by atoms with van der Waals surface area (Å²) in [6.07, 6.45) is 1.46. The minimum absolute atomic E-state index is 0.00781. The molecule has 1 atom stereocenters. The van der Waals surface area contributed by atoms with Gasteiger partial charge in [0.2, 0.25) is 0 Å². The Kier molecular flexibility index (Phi) is 3.63. The molecule has 1 aliphatic heterocycles. The van der Waals surface area contributed by atoms with Gasteiger partial charge in [-0.2, -0.15) is 0 Å². The first-order valence-electron chi connectivity index (χ1n) is 7.60. The highest BCUT2D eigenvalue weighted by molar-refractivity contribution is 6.29. The fourth-order valence-corrected chi connectivity index (χ4v) is 3.49. The number of hydrogen-bond donors (Lipinski definition) is 1. The maximum absolute atomic E-state index is 12.7. The number of nitrogens with one attached hydrogen (secondary N) is 1. The highest BCUT2D eigenvalue weighted by Gasteiger charge is 2.44. The Morgan fingerprint density at radius 2 is 2.05 bits per heavy atom. The van der Waals surface area contributed by atoms with Gasteiger partial charge in [0.1, 0.15) is 0 Å². The van der Waals surface area contributed by atoms with Crippen molar-refractivity contribution >= 4 is 23.2 Å². The molecule has 118 valence electrons. The second kappa shape index (κ2) is 5.23. The second-order valence-corrected chi connectivity index (χ2v) is 7.61. The Morgan fingerprint density at radius 3 is 2.64 bits per heavy atom. The van der Waals surface area contributed by atoms with Gasteiger partial charge in [0, 0.05) is 17.7 Å². The van der Waals surface area contributed by atoms with E-state index in [1.165, 1.54) is 0 Å². The molecule has 0 saturated heterocycles. The van der Waals surface area contributed by atoms with Crippen LogP contribution in [0.1, 0.15) is 40.5 Å². The zero-order valence-electron chi connectivity index (χ0n) is 13.4. The lowest BCUT2D eigenvalue weighted by atomic mass is 9.74. The van der Waals surface area contributed by atoms with E-state index in [9.17, 15) is 4.79 Å². The van der Waals surface area contributed by atoms with Crippen molar-refractivity contribution in [3.05, 3.63) is 28.6 Å². The van der Waals surface area contributed by atoms with E-state index in [4.69, 9.17) is 11.6 Å². The number of hydrazine groups is 1. The van der Waals surface area contributed by atoms with Crippen LogP contribution in [-0.2, 0) is 4.79 Å². The number of allylic oxidation sites excluding steroid dienone is 1. The van der Waals surface area contributed by atoms with Crippen LogP contribution in [0.4, 0.5) is 5.82 Å². The molecular formula is C16H21ClN4O. The molecule has 1 aromatic heterocycles. The summed E-state index contributed by atoms with van der Waals surface area (Å²) in [6, 6.07) is 3.52. The van der Waals surface area contributed by atoms with Gasteiger partial charge in [0.05, 0.1) is 6.04 Å². The first kappa shape index (κ1) is 15.3. The smallest absolute Gasteiger partial charge is 0.170 e. The fraction of sp³-hybridized carbons (Fsp3) is 0.562. The topological polar surface area (TPSA) is 58.1 Å². The lowest BCUT2D eigenvalue weighted by Gasteiger charge is -2.30. The number of carbonyl (C=O) groups is 1. The minimum Gasteiger partial charge on any atom is -0.300 e. The van der Waals surface area contributed by atoms with Crippen LogP contribution in [0.3, 0.4) is 0 Å². The predicted octanol–water partition coefficient (Wildman–Crippen LogP) is 3.12. The highest BCUT2D eigenvalue weighted by Crippen LogP contribution is 2.42. The van der Waals surface area contributed by atoms with Gasteiger partial charge in [-0.25, -0.2) is 0 Å². The average Bonchev–Trinajstić information content (AvgIpc) is 2.77. The van der Waals surface area contributed by atoms with Crippen molar-refractivity contribution in [3.63, 3.8) is 0 Å². The van der Waals surface area contributed by atoms with Gasteiger partial charge < -0.3 is 5.43 Å². The molecule has 0 spiro atoms. The van der Waals surface area contributed by atoms with Crippen LogP contribution in [0.25, 0.3) is 0 Å². The summed E-state index contributed by atoms with van der Waals surface area (Å²) in [5, 5.41) is 10.4. The maximum atomic E-state index is 12.7. The summed E-state index contributed by atoms with van der Waals surface area (Å²) in [6.45, 7) is 8.49. The van der Waals surface area contributed by atoms with Gasteiger partial charge in [0.15, 0.2) is 16.8 Å². The number of rotatable bonds is 2. The van der Waals surface area contributed by atoms with Crippen molar-refractivity contribution in [1.82, 2.24) is 15.6 Å². The lowest BCUT2D eigenvalue weighted by Crippen LogP contribution is -2.43. The summed E-state index contributed by atoms with van der Waals surface area (Å²) in [7, 11) is 0. The Bertz CT molecular complexity index is 636. The molecule has 22 heavy (non-hydrogen) atoms. The van der Waals surface area contributed by atoms with Gasteiger partial charge in [0.25, 0.3) is 0 Å². The van der Waals surface area contributed by atoms with Crippen LogP contribution in [-0.4, -0.2) is 22.0 Å². The minimum atomic E-state index is -0.0194. The third-order valence-corrected chi connectivity index (χ3v) is 4.45. The van der Waals surface area contributed by atoms with E-state index in [2.05, 4.69) is 43.3 Å². The van der Waals surface area contributed by atoms with E-state index in [-0.39, 0.29) is 23.2 Å². The van der Waals surface area contributed by atoms with Crippen molar-refractivity contribution in [2.24, 2.45) is 11.3 Å². The number of Topliss-reactive ketones (excluding diaryl/α,β-unsaturated/α-hetero) is 1. The average molecular weight is 321 g/mol. The van der Waals surface area contributed by atoms with E-state index in [0.717, 1.165) is 17.7 Å². The molecule has 0 amide bonds. The molecule has 0 bridgehead atoms. The molecule has 1 aliphatic carbocycles. The Morgan fingerprint density at radius 1 is 1.32 bits per heavy atom. The van der Waals surface area contributed by atoms with Crippen molar-refractivity contribution in [1.29, 1.82) is 0 Å². The normalized spacial score (nSPS) is 23.8. The monoisotopic (exact) mass is 320 g/mol. The molecule has 0 radical (unpaired) electrons. The molecule has 0 saturated carbocycles. The van der Waals surface area contributed by atoms with E-state index < -0.39 is 0 Å². The van der Waals surface area contributed by atoms with E-state index in [0.29, 0.717) is 17.4 Å². The Labute approximate surface area is 135 Å². The van der Waals surface area contributed by atoms with Gasteiger partial charge in [-0.1, -0.05) is 39.3 Å². The number of halogens is 1. The number of carbonyl (C=O) groups excluding carboxylic acids is 1. The molecule has 1 N–H and O–H groups in total. The van der Waals surface area contributed by atoms with Crippen LogP contribution in [0.5, 0.6) is 0 Å². The molecule has 1 unspecified atom stereocenters. The van der Waals surface area contributed by atoms with Crippen molar-refractivity contribution in [3.8, 4) is 0 Å². The summed E-state index contributed by atoms with van der Waals surface area (Å²) in [4.78, 5) is 12.7. The van der Waals surface area contributed by atoms with Crippen molar-refractivity contribution in [2.45, 2.75) is 46.6 Å². The number of ketones is 1. The molecule has 2 heterocycles. The standard InChI is InChI=1S/C16H21ClN4O/c1-9(2)15-14-10(7-16(3,4)8-11(14)22)20-21(15)13-6-5-12(17)18-19-13/h5-6,9,15,20H,7-8H2,1-4H3. The fourth-order valence-electron chi connectivity index (χ4n) is 3.39. The molecule has 1 aromatic rings. The van der Waals surface area contributed by atoms with Crippen LogP contribution in [0, 0.1) is 11.3 Å². The van der Waals surface area contributed by atoms with Crippen LogP contribution in [0.2, 0.25) is 5.15 Å². The van der Waals surface area contributed by atoms with Gasteiger partial charge in [-0.05, 0) is 29.9 Å². The van der Waals surface area contributed by atoms with Crippen molar-refractivity contribution in [2.75, 3.05) is 5.01 Å². The maximum Gasteiger partial charge on any atom is 0.170 e. The first-order chi connectivity index (χ1) is 10.3. The summed E-state index contributed by atoms with van der Waals surface area (Å²) < 4.78 is 0. The van der Waals surface area contributed by atoms with Crippen LogP contribution >= 0.6 is 11.6 Å². The third-order valence-electron chi connectivity index (χ3n) is 4.25. The zero-order chi connectivity index (χ0) is 16.1. The molecule has 0 fully saturated rings. The van der Waals surface area contributed by atoms with Gasteiger partial charge in [-0.15, -0.1) is 10.2 Å². The molecule has 2 aliphatic rings.